The van der Waals surface area contributed by atoms with E-state index in [1.165, 1.54) is 25.3 Å². The third-order valence-electron chi connectivity index (χ3n) is 8.75. The molecule has 0 unspecified atom stereocenters. The molecule has 0 saturated carbocycles. The number of allylic oxidation sites excluding steroid dienone is 2. The SMILES string of the molecule is COC(=O)CCc1c(C)c2cc3nc(c4[nH]c(cc5[nH]c(cc1[nH]2)c(CCC(=O)OC)c5C)c(C)c4C)C(C)=C3C. The summed E-state index contributed by atoms with van der Waals surface area (Å²) in [5, 5.41) is 0. The van der Waals surface area contributed by atoms with Crippen LogP contribution in [0.25, 0.3) is 44.2 Å². The smallest absolute Gasteiger partial charge is 0.305 e. The Kier molecular flexibility index (Phi) is 7.51. The molecule has 0 saturated heterocycles. The van der Waals surface area contributed by atoms with Crippen LogP contribution in [0.5, 0.6) is 0 Å². The quantitative estimate of drug-likeness (QED) is 0.224. The van der Waals surface area contributed by atoms with Gasteiger partial charge < -0.3 is 24.4 Å². The van der Waals surface area contributed by atoms with E-state index >= 15 is 0 Å². The number of hydrogen-bond acceptors (Lipinski definition) is 5. The standard InChI is InChI=1S/C33H38N4O4/c1-16-18(3)32-33-19(4)17(2)25(37-33)14-27-21(6)23(10-12-31(39)41-8)29(35-27)15-28-22(9-11-30(38)40-7)20(5)26(34-28)13-24(16)36-32/h13-15,34-36H,9-12H2,1-8H3. The van der Waals surface area contributed by atoms with Gasteiger partial charge in [0, 0.05) is 40.4 Å². The van der Waals surface area contributed by atoms with Gasteiger partial charge in [0.05, 0.1) is 31.1 Å². The number of H-pyrrole nitrogens is 3. The Hall–Kier alpha value is -4.33. The van der Waals surface area contributed by atoms with Gasteiger partial charge in [0.1, 0.15) is 0 Å². The zero-order valence-corrected chi connectivity index (χ0v) is 25.1. The summed E-state index contributed by atoms with van der Waals surface area (Å²) in [6.07, 6.45) is 1.62. The molecule has 8 heteroatoms. The highest BCUT2D eigenvalue weighted by Crippen LogP contribution is 2.35. The van der Waals surface area contributed by atoms with Gasteiger partial charge in [-0.25, -0.2) is 4.98 Å². The number of nitrogens with one attached hydrogen (secondary N) is 3. The maximum atomic E-state index is 12.1. The van der Waals surface area contributed by atoms with Gasteiger partial charge in [-0.2, -0.15) is 0 Å². The van der Waals surface area contributed by atoms with Crippen LogP contribution in [0.3, 0.4) is 0 Å². The van der Waals surface area contributed by atoms with Crippen molar-refractivity contribution in [1.29, 1.82) is 0 Å². The topological polar surface area (TPSA) is 113 Å². The first-order chi connectivity index (χ1) is 19.5. The number of methoxy groups -OCH3 is 2. The Morgan fingerprint density at radius 3 is 1.66 bits per heavy atom. The number of rotatable bonds is 6. The Morgan fingerprint density at radius 2 is 1.12 bits per heavy atom. The molecule has 0 radical (unpaired) electrons. The van der Waals surface area contributed by atoms with Crippen LogP contribution >= 0.6 is 0 Å². The number of carbonyl (C=O) groups is 2. The van der Waals surface area contributed by atoms with Crippen molar-refractivity contribution in [2.45, 2.75) is 67.2 Å². The second-order valence-corrected chi connectivity index (χ2v) is 11.0. The van der Waals surface area contributed by atoms with Gasteiger partial charge in [-0.1, -0.05) is 0 Å². The van der Waals surface area contributed by atoms with Crippen molar-refractivity contribution in [3.63, 3.8) is 0 Å². The molecule has 8 nitrogen and oxygen atoms in total. The summed E-state index contributed by atoms with van der Waals surface area (Å²) < 4.78 is 9.88. The fourth-order valence-electron chi connectivity index (χ4n) is 5.76. The van der Waals surface area contributed by atoms with E-state index in [0.717, 1.165) is 77.9 Å². The van der Waals surface area contributed by atoms with Crippen molar-refractivity contribution >= 4 is 56.2 Å². The van der Waals surface area contributed by atoms with Crippen LogP contribution in [-0.4, -0.2) is 46.1 Å². The fraction of sp³-hybridized carbons (Fsp3) is 0.364. The van der Waals surface area contributed by atoms with Crippen LogP contribution in [0.4, 0.5) is 0 Å². The molecule has 3 N–H and O–H groups in total. The minimum absolute atomic E-state index is 0.248. The molecule has 0 fully saturated rings. The molecule has 4 aromatic heterocycles. The van der Waals surface area contributed by atoms with E-state index in [4.69, 9.17) is 14.5 Å². The lowest BCUT2D eigenvalue weighted by molar-refractivity contribution is -0.141. The van der Waals surface area contributed by atoms with Crippen molar-refractivity contribution in [1.82, 2.24) is 19.9 Å². The summed E-state index contributed by atoms with van der Waals surface area (Å²) in [6.45, 7) is 12.6. The summed E-state index contributed by atoms with van der Waals surface area (Å²) in [4.78, 5) is 40.2. The van der Waals surface area contributed by atoms with E-state index in [2.05, 4.69) is 74.7 Å². The molecular formula is C33H38N4O4. The number of aromatic amines is 3. The average molecular weight is 555 g/mol. The van der Waals surface area contributed by atoms with Crippen LogP contribution in [0, 0.1) is 27.7 Å². The summed E-state index contributed by atoms with van der Waals surface area (Å²) in [7, 11) is 2.83. The summed E-state index contributed by atoms with van der Waals surface area (Å²) in [5.74, 6) is -0.498. The van der Waals surface area contributed by atoms with Crippen LogP contribution in [0.15, 0.2) is 18.2 Å². The number of aromatic nitrogens is 4. The summed E-state index contributed by atoms with van der Waals surface area (Å²) in [5.41, 5.74) is 16.5. The zero-order chi connectivity index (χ0) is 29.6. The summed E-state index contributed by atoms with van der Waals surface area (Å²) >= 11 is 0. The maximum Gasteiger partial charge on any atom is 0.305 e. The Labute approximate surface area is 239 Å². The molecule has 0 spiro atoms. The maximum absolute atomic E-state index is 12.1. The predicted molar refractivity (Wildman–Crippen MR) is 164 cm³/mol. The lowest BCUT2D eigenvalue weighted by atomic mass is 10.0. The monoisotopic (exact) mass is 554 g/mol. The predicted octanol–water partition coefficient (Wildman–Crippen LogP) is 6.92. The van der Waals surface area contributed by atoms with E-state index in [1.807, 2.05) is 0 Å². The highest BCUT2D eigenvalue weighted by Gasteiger charge is 2.19. The van der Waals surface area contributed by atoms with Crippen LogP contribution in [0.1, 0.15) is 71.5 Å². The Balaban J connectivity index is 1.91. The number of ether oxygens (including phenoxy) is 2. The van der Waals surface area contributed by atoms with E-state index in [-0.39, 0.29) is 24.8 Å². The lowest BCUT2D eigenvalue weighted by Gasteiger charge is -2.02. The molecule has 5 heterocycles. The first-order valence-electron chi connectivity index (χ1n) is 14.0. The van der Waals surface area contributed by atoms with Gasteiger partial charge in [0.15, 0.2) is 0 Å². The Bertz CT molecular complexity index is 1870. The molecular weight excluding hydrogens is 516 g/mol. The van der Waals surface area contributed by atoms with Gasteiger partial charge in [-0.15, -0.1) is 0 Å². The molecule has 0 aromatic carbocycles. The first kappa shape index (κ1) is 28.2. The number of fused-ring (bicyclic) bond motifs is 9. The van der Waals surface area contributed by atoms with Gasteiger partial charge in [-0.05, 0) is 117 Å². The minimum Gasteiger partial charge on any atom is -0.469 e. The first-order valence-corrected chi connectivity index (χ1v) is 14.0. The molecule has 41 heavy (non-hydrogen) atoms. The number of hydrogen-bond donors (Lipinski definition) is 3. The van der Waals surface area contributed by atoms with Crippen LogP contribution in [-0.2, 0) is 31.9 Å². The van der Waals surface area contributed by atoms with Gasteiger partial charge >= 0.3 is 11.9 Å². The van der Waals surface area contributed by atoms with Crippen molar-refractivity contribution in [2.75, 3.05) is 14.2 Å². The average Bonchev–Trinajstić information content (AvgIpc) is 3.60. The number of carbonyl (C=O) groups excluding carboxylic acids is 2. The molecule has 8 bridgehead atoms. The summed E-state index contributed by atoms with van der Waals surface area (Å²) in [6, 6.07) is 6.33. The highest BCUT2D eigenvalue weighted by molar-refractivity contribution is 5.97. The van der Waals surface area contributed by atoms with Gasteiger partial charge in [-0.3, -0.25) is 9.59 Å². The van der Waals surface area contributed by atoms with Gasteiger partial charge in [0.25, 0.3) is 0 Å². The van der Waals surface area contributed by atoms with Crippen LogP contribution < -0.4 is 0 Å². The van der Waals surface area contributed by atoms with Crippen molar-refractivity contribution < 1.29 is 19.1 Å². The largest absolute Gasteiger partial charge is 0.469 e. The van der Waals surface area contributed by atoms with Crippen molar-refractivity contribution in [2.24, 2.45) is 0 Å². The van der Waals surface area contributed by atoms with E-state index < -0.39 is 0 Å². The molecule has 4 aromatic rings. The molecule has 0 aliphatic carbocycles. The lowest BCUT2D eigenvalue weighted by Crippen LogP contribution is -2.02. The van der Waals surface area contributed by atoms with Crippen LogP contribution in [0.2, 0.25) is 0 Å². The number of nitrogens with zero attached hydrogens (tertiary/aromatic N) is 1. The van der Waals surface area contributed by atoms with E-state index in [0.29, 0.717) is 12.8 Å². The second kappa shape index (κ2) is 10.9. The molecule has 1 aliphatic rings. The minimum atomic E-state index is -0.250. The number of esters is 2. The molecule has 0 atom stereocenters. The third kappa shape index (κ3) is 5.03. The van der Waals surface area contributed by atoms with E-state index in [1.54, 1.807) is 0 Å². The number of aryl methyl sites for hydroxylation is 6. The molecule has 5 rings (SSSR count). The highest BCUT2D eigenvalue weighted by atomic mass is 16.5. The molecule has 1 aliphatic heterocycles. The van der Waals surface area contributed by atoms with Gasteiger partial charge in [0.2, 0.25) is 0 Å². The molecule has 214 valence electrons. The fourth-order valence-corrected chi connectivity index (χ4v) is 5.76. The zero-order valence-electron chi connectivity index (χ0n) is 25.1. The Morgan fingerprint density at radius 1 is 0.634 bits per heavy atom. The molecule has 0 amide bonds. The normalized spacial score (nSPS) is 12.4. The van der Waals surface area contributed by atoms with E-state index in [9.17, 15) is 9.59 Å². The van der Waals surface area contributed by atoms with Crippen molar-refractivity contribution in [3.8, 4) is 0 Å². The third-order valence-corrected chi connectivity index (χ3v) is 8.75. The van der Waals surface area contributed by atoms with Crippen molar-refractivity contribution in [3.05, 3.63) is 63.0 Å². The second-order valence-electron chi connectivity index (χ2n) is 11.0.